The highest BCUT2D eigenvalue weighted by Crippen LogP contribution is 2.40. The fraction of sp³-hybridized carbons (Fsp3) is 0.382. The number of methoxy groups -OCH3 is 1. The summed E-state index contributed by atoms with van der Waals surface area (Å²) in [5.74, 6) is -0.291. The maximum Gasteiger partial charge on any atom is 0.307 e. The fourth-order valence-electron chi connectivity index (χ4n) is 5.37. The Labute approximate surface area is 228 Å². The number of carboxylic acid groups (broad SMARTS) is 1. The number of hydrogen-bond donors (Lipinski definition) is 2. The Morgan fingerprint density at radius 3 is 1.97 bits per heavy atom. The van der Waals surface area contributed by atoms with E-state index in [1.165, 1.54) is 16.7 Å². The predicted molar refractivity (Wildman–Crippen MR) is 157 cm³/mol. The highest BCUT2D eigenvalue weighted by molar-refractivity contribution is 5.74. The molecule has 4 heteroatoms. The second kappa shape index (κ2) is 12.4. The number of aryl methyl sites for hydroxylation is 1. The Morgan fingerprint density at radius 1 is 0.842 bits per heavy atom. The first-order chi connectivity index (χ1) is 18.1. The van der Waals surface area contributed by atoms with Crippen molar-refractivity contribution in [3.63, 3.8) is 0 Å². The molecule has 3 aromatic carbocycles. The van der Waals surface area contributed by atoms with E-state index in [-0.39, 0.29) is 11.8 Å². The first kappa shape index (κ1) is 29.2. The molecule has 0 aromatic heterocycles. The maximum atomic E-state index is 11.3. The quantitative estimate of drug-likeness (QED) is 0.257. The van der Waals surface area contributed by atoms with Crippen LogP contribution in [0, 0.1) is 6.92 Å². The largest absolute Gasteiger partial charge is 0.496 e. The summed E-state index contributed by atoms with van der Waals surface area (Å²) in [6.45, 7) is 10.6. The molecule has 0 unspecified atom stereocenters. The van der Waals surface area contributed by atoms with Crippen LogP contribution in [0.5, 0.6) is 5.75 Å². The number of carbonyl (C=O) groups is 1. The van der Waals surface area contributed by atoms with Crippen molar-refractivity contribution in [2.45, 2.75) is 77.7 Å². The number of rotatable bonds is 12. The van der Waals surface area contributed by atoms with Crippen LogP contribution in [0.3, 0.4) is 0 Å². The van der Waals surface area contributed by atoms with Gasteiger partial charge in [-0.2, -0.15) is 0 Å². The van der Waals surface area contributed by atoms with Crippen molar-refractivity contribution in [3.8, 4) is 16.9 Å². The lowest BCUT2D eigenvalue weighted by molar-refractivity contribution is -0.136. The zero-order chi connectivity index (χ0) is 27.9. The van der Waals surface area contributed by atoms with Crippen molar-refractivity contribution < 1.29 is 19.7 Å². The number of ether oxygens (including phenoxy) is 1. The molecule has 0 bridgehead atoms. The van der Waals surface area contributed by atoms with Gasteiger partial charge in [-0.05, 0) is 78.1 Å². The topological polar surface area (TPSA) is 66.8 Å². The van der Waals surface area contributed by atoms with E-state index in [0.717, 1.165) is 29.5 Å². The standard InChI is InChI=1S/C34H42O4/c1-7-33(37,8-2)20-19-25-11-17-30(21-24(25)5)34(9-3,10-4)29-15-12-26(13-16-29)27-14-18-31(38-6)28(22-27)23-32(35)36/h11-22,37H,7-10,23H2,1-6H3,(H,35,36)/b20-19+. The fourth-order valence-corrected chi connectivity index (χ4v) is 5.37. The second-order valence-corrected chi connectivity index (χ2v) is 10.2. The molecule has 0 heterocycles. The van der Waals surface area contributed by atoms with E-state index in [4.69, 9.17) is 4.74 Å². The maximum absolute atomic E-state index is 11.3. The molecule has 0 aliphatic heterocycles. The van der Waals surface area contributed by atoms with Crippen molar-refractivity contribution in [2.75, 3.05) is 7.11 Å². The van der Waals surface area contributed by atoms with Crippen molar-refractivity contribution in [1.82, 2.24) is 0 Å². The summed E-state index contributed by atoms with van der Waals surface area (Å²) in [5.41, 5.74) is 6.67. The van der Waals surface area contributed by atoms with Gasteiger partial charge in [0.25, 0.3) is 0 Å². The van der Waals surface area contributed by atoms with E-state index in [2.05, 4.69) is 63.2 Å². The van der Waals surface area contributed by atoms with Gasteiger partial charge in [-0.15, -0.1) is 0 Å². The number of hydrogen-bond acceptors (Lipinski definition) is 3. The lowest BCUT2D eigenvalue weighted by Gasteiger charge is -2.34. The van der Waals surface area contributed by atoms with Crippen LogP contribution < -0.4 is 4.74 Å². The zero-order valence-corrected chi connectivity index (χ0v) is 23.7. The van der Waals surface area contributed by atoms with E-state index in [9.17, 15) is 15.0 Å². The summed E-state index contributed by atoms with van der Waals surface area (Å²) in [6, 6.07) is 21.1. The first-order valence-corrected chi connectivity index (χ1v) is 13.7. The molecule has 0 saturated carbocycles. The van der Waals surface area contributed by atoms with Crippen LogP contribution in [0.25, 0.3) is 17.2 Å². The molecule has 3 aromatic rings. The van der Waals surface area contributed by atoms with Gasteiger partial charge in [-0.25, -0.2) is 0 Å². The Kier molecular flexibility index (Phi) is 9.56. The van der Waals surface area contributed by atoms with Gasteiger partial charge in [0, 0.05) is 11.0 Å². The summed E-state index contributed by atoms with van der Waals surface area (Å²) in [5, 5.41) is 19.9. The molecule has 4 nitrogen and oxygen atoms in total. The van der Waals surface area contributed by atoms with E-state index in [1.54, 1.807) is 7.11 Å². The van der Waals surface area contributed by atoms with Gasteiger partial charge in [0.05, 0.1) is 19.1 Å². The van der Waals surface area contributed by atoms with Crippen LogP contribution in [-0.4, -0.2) is 28.9 Å². The molecule has 0 aliphatic rings. The molecule has 0 spiro atoms. The van der Waals surface area contributed by atoms with Gasteiger partial charge in [0.1, 0.15) is 5.75 Å². The average Bonchev–Trinajstić information content (AvgIpc) is 2.93. The Hall–Kier alpha value is -3.37. The summed E-state index contributed by atoms with van der Waals surface area (Å²) in [4.78, 5) is 11.3. The van der Waals surface area contributed by atoms with Crippen molar-refractivity contribution in [3.05, 3.63) is 94.6 Å². The SMILES string of the molecule is CCC(O)(/C=C/c1ccc(C(CC)(CC)c2ccc(-c3ccc(OC)c(CC(=O)O)c3)cc2)cc1C)CC. The van der Waals surface area contributed by atoms with E-state index in [1.807, 2.05) is 44.2 Å². The van der Waals surface area contributed by atoms with Gasteiger partial charge in [-0.3, -0.25) is 4.79 Å². The normalized spacial score (nSPS) is 12.2. The summed E-state index contributed by atoms with van der Waals surface area (Å²) < 4.78 is 5.36. The van der Waals surface area contributed by atoms with Gasteiger partial charge in [-0.1, -0.05) is 88.4 Å². The predicted octanol–water partition coefficient (Wildman–Crippen LogP) is 7.97. The van der Waals surface area contributed by atoms with Crippen molar-refractivity contribution >= 4 is 12.0 Å². The van der Waals surface area contributed by atoms with Gasteiger partial charge in [0.15, 0.2) is 0 Å². The number of benzene rings is 3. The third kappa shape index (κ3) is 6.19. The molecule has 0 atom stereocenters. The van der Waals surface area contributed by atoms with Gasteiger partial charge in [0.2, 0.25) is 0 Å². The molecule has 0 saturated heterocycles. The van der Waals surface area contributed by atoms with Crippen LogP contribution >= 0.6 is 0 Å². The van der Waals surface area contributed by atoms with Crippen LogP contribution in [0.4, 0.5) is 0 Å². The summed E-state index contributed by atoms with van der Waals surface area (Å²) in [7, 11) is 1.56. The number of aliphatic carboxylic acids is 1. The minimum Gasteiger partial charge on any atom is -0.496 e. The van der Waals surface area contributed by atoms with Gasteiger partial charge < -0.3 is 14.9 Å². The van der Waals surface area contributed by atoms with E-state index < -0.39 is 11.6 Å². The highest BCUT2D eigenvalue weighted by atomic mass is 16.5. The van der Waals surface area contributed by atoms with E-state index in [0.29, 0.717) is 24.2 Å². The van der Waals surface area contributed by atoms with Crippen molar-refractivity contribution in [1.29, 1.82) is 0 Å². The van der Waals surface area contributed by atoms with Crippen LogP contribution in [-0.2, 0) is 16.6 Å². The van der Waals surface area contributed by atoms with Crippen molar-refractivity contribution in [2.24, 2.45) is 0 Å². The summed E-state index contributed by atoms with van der Waals surface area (Å²) in [6.07, 6.45) is 7.22. The molecule has 0 fully saturated rings. The van der Waals surface area contributed by atoms with Crippen LogP contribution in [0.1, 0.15) is 81.2 Å². The first-order valence-electron chi connectivity index (χ1n) is 13.7. The van der Waals surface area contributed by atoms with Gasteiger partial charge >= 0.3 is 5.97 Å². The second-order valence-electron chi connectivity index (χ2n) is 10.2. The molecular formula is C34H42O4. The molecule has 0 aliphatic carbocycles. The smallest absolute Gasteiger partial charge is 0.307 e. The molecule has 3 rings (SSSR count). The zero-order valence-electron chi connectivity index (χ0n) is 23.7. The lowest BCUT2D eigenvalue weighted by Crippen LogP contribution is -2.26. The van der Waals surface area contributed by atoms with Crippen LogP contribution in [0.15, 0.2) is 66.7 Å². The third-order valence-corrected chi connectivity index (χ3v) is 8.22. The molecule has 0 radical (unpaired) electrons. The Morgan fingerprint density at radius 2 is 1.45 bits per heavy atom. The lowest BCUT2D eigenvalue weighted by atomic mass is 9.70. The number of carboxylic acids is 1. The molecular weight excluding hydrogens is 472 g/mol. The minimum absolute atomic E-state index is 0.0788. The monoisotopic (exact) mass is 514 g/mol. The van der Waals surface area contributed by atoms with Crippen LogP contribution in [0.2, 0.25) is 0 Å². The molecule has 0 amide bonds. The Balaban J connectivity index is 1.96. The molecule has 202 valence electrons. The third-order valence-electron chi connectivity index (χ3n) is 8.22. The Bertz CT molecular complexity index is 1260. The summed E-state index contributed by atoms with van der Waals surface area (Å²) >= 11 is 0. The molecule has 2 N–H and O–H groups in total. The highest BCUT2D eigenvalue weighted by Gasteiger charge is 2.31. The average molecular weight is 515 g/mol. The minimum atomic E-state index is -0.880. The molecule has 38 heavy (non-hydrogen) atoms. The van der Waals surface area contributed by atoms with E-state index >= 15 is 0 Å². The number of aliphatic hydroxyl groups is 1.